The van der Waals surface area contributed by atoms with Crippen LogP contribution in [0.1, 0.15) is 5.56 Å². The summed E-state index contributed by atoms with van der Waals surface area (Å²) in [6.07, 6.45) is 1.84. The predicted octanol–water partition coefficient (Wildman–Crippen LogP) is 0.974. The third-order valence-corrected chi connectivity index (χ3v) is 2.74. The molecule has 1 N–H and O–H groups in total. The molecule has 0 aromatic heterocycles. The Balaban J connectivity index is 1.91. The number of phenols is 1. The van der Waals surface area contributed by atoms with Gasteiger partial charge < -0.3 is 10.0 Å². The van der Waals surface area contributed by atoms with Crippen LogP contribution in [0.25, 0.3) is 0 Å². The molecule has 1 aromatic rings. The third kappa shape index (κ3) is 2.97. The second-order valence-electron chi connectivity index (χ2n) is 4.09. The highest BCUT2D eigenvalue weighted by molar-refractivity contribution is 5.79. The number of nitrogens with zero attached hydrogens (tertiary/aromatic N) is 3. The first-order valence-electron chi connectivity index (χ1n) is 5.50. The van der Waals surface area contributed by atoms with Crippen molar-refractivity contribution in [2.24, 2.45) is 5.10 Å². The van der Waals surface area contributed by atoms with Gasteiger partial charge in [-0.25, -0.2) is 0 Å². The molecule has 0 atom stereocenters. The summed E-state index contributed by atoms with van der Waals surface area (Å²) in [7, 11) is 2.13. The van der Waals surface area contributed by atoms with E-state index in [-0.39, 0.29) is 5.75 Å². The molecule has 0 amide bonds. The minimum atomic E-state index is 0.289. The van der Waals surface area contributed by atoms with Crippen LogP contribution in [0.2, 0.25) is 0 Å². The van der Waals surface area contributed by atoms with E-state index in [4.69, 9.17) is 5.11 Å². The van der Waals surface area contributed by atoms with Crippen LogP contribution in [-0.2, 0) is 0 Å². The Hall–Kier alpha value is -1.55. The number of phenolic OH excluding ortho intramolecular Hbond substituents is 1. The Bertz CT molecular complexity index is 353. The summed E-state index contributed by atoms with van der Waals surface area (Å²) in [5.41, 5.74) is 1.01. The summed E-state index contributed by atoms with van der Waals surface area (Å²) >= 11 is 0. The fourth-order valence-electron chi connectivity index (χ4n) is 1.62. The number of hydrogen-bond acceptors (Lipinski definition) is 4. The lowest BCUT2D eigenvalue weighted by molar-refractivity contribution is 0.159. The van der Waals surface area contributed by atoms with E-state index in [2.05, 4.69) is 22.1 Å². The molecule has 0 saturated carbocycles. The van der Waals surface area contributed by atoms with Crippen LogP contribution in [0.3, 0.4) is 0 Å². The maximum atomic E-state index is 9.14. The molecule has 1 saturated heterocycles. The highest BCUT2D eigenvalue weighted by atomic mass is 16.3. The molecule has 4 nitrogen and oxygen atoms in total. The molecule has 1 heterocycles. The van der Waals surface area contributed by atoms with E-state index in [0.29, 0.717) is 0 Å². The molecule has 0 unspecified atom stereocenters. The number of aromatic hydroxyl groups is 1. The number of hydrazone groups is 1. The summed E-state index contributed by atoms with van der Waals surface area (Å²) < 4.78 is 0. The van der Waals surface area contributed by atoms with Gasteiger partial charge in [0.25, 0.3) is 0 Å². The molecule has 0 bridgehead atoms. The van der Waals surface area contributed by atoms with Crippen LogP contribution in [-0.4, -0.2) is 54.5 Å². The van der Waals surface area contributed by atoms with Gasteiger partial charge in [0.2, 0.25) is 0 Å². The molecule has 16 heavy (non-hydrogen) atoms. The van der Waals surface area contributed by atoms with E-state index in [1.54, 1.807) is 12.1 Å². The topological polar surface area (TPSA) is 39.1 Å². The zero-order valence-electron chi connectivity index (χ0n) is 9.50. The number of likely N-dealkylation sites (N-methyl/N-ethyl adjacent to an activating group) is 1. The van der Waals surface area contributed by atoms with Gasteiger partial charge in [0.1, 0.15) is 5.75 Å². The predicted molar refractivity (Wildman–Crippen MR) is 64.8 cm³/mol. The Kier molecular flexibility index (Phi) is 3.41. The van der Waals surface area contributed by atoms with Crippen molar-refractivity contribution in [3.63, 3.8) is 0 Å². The molecular formula is C12H17N3O. The van der Waals surface area contributed by atoms with Gasteiger partial charge >= 0.3 is 0 Å². The summed E-state index contributed by atoms with van der Waals surface area (Å²) in [5, 5.41) is 15.6. The maximum absolute atomic E-state index is 9.14. The van der Waals surface area contributed by atoms with E-state index in [1.165, 1.54) is 0 Å². The number of rotatable bonds is 2. The van der Waals surface area contributed by atoms with Crippen molar-refractivity contribution in [2.75, 3.05) is 33.2 Å². The lowest BCUT2D eigenvalue weighted by Crippen LogP contribution is -2.41. The molecule has 0 radical (unpaired) electrons. The second kappa shape index (κ2) is 4.99. The minimum absolute atomic E-state index is 0.289. The van der Waals surface area contributed by atoms with Gasteiger partial charge in [-0.2, -0.15) is 5.10 Å². The van der Waals surface area contributed by atoms with Crippen molar-refractivity contribution in [2.45, 2.75) is 0 Å². The molecule has 0 aliphatic carbocycles. The van der Waals surface area contributed by atoms with Crippen LogP contribution in [0.5, 0.6) is 5.75 Å². The first kappa shape index (κ1) is 11.0. The summed E-state index contributed by atoms with van der Waals surface area (Å²) in [6.45, 7) is 4.08. The monoisotopic (exact) mass is 219 g/mol. The molecule has 1 aliphatic rings. The van der Waals surface area contributed by atoms with Crippen molar-refractivity contribution in [1.29, 1.82) is 0 Å². The van der Waals surface area contributed by atoms with E-state index in [1.807, 2.05) is 18.3 Å². The number of benzene rings is 1. The van der Waals surface area contributed by atoms with Crippen molar-refractivity contribution < 1.29 is 5.11 Å². The first-order valence-corrected chi connectivity index (χ1v) is 5.50. The van der Waals surface area contributed by atoms with Gasteiger partial charge in [0.15, 0.2) is 0 Å². The summed E-state index contributed by atoms with van der Waals surface area (Å²) in [4.78, 5) is 2.30. The molecule has 1 fully saturated rings. The standard InChI is InChI=1S/C12H17N3O/c1-14-6-8-15(9-7-14)13-10-11-2-4-12(16)5-3-11/h2-5,10,16H,6-9H2,1H3/b13-10+. The van der Waals surface area contributed by atoms with E-state index < -0.39 is 0 Å². The minimum Gasteiger partial charge on any atom is -0.508 e. The highest BCUT2D eigenvalue weighted by Crippen LogP contribution is 2.08. The molecule has 1 aromatic carbocycles. The van der Waals surface area contributed by atoms with Crippen molar-refractivity contribution >= 4 is 6.21 Å². The van der Waals surface area contributed by atoms with Crippen molar-refractivity contribution in [3.8, 4) is 5.75 Å². The lowest BCUT2D eigenvalue weighted by atomic mass is 10.2. The van der Waals surface area contributed by atoms with Gasteiger partial charge in [-0.05, 0) is 36.9 Å². The van der Waals surface area contributed by atoms with Crippen molar-refractivity contribution in [1.82, 2.24) is 9.91 Å². The normalized spacial score (nSPS) is 18.2. The lowest BCUT2D eigenvalue weighted by Gasteiger charge is -2.30. The van der Waals surface area contributed by atoms with Crippen LogP contribution in [0.4, 0.5) is 0 Å². The van der Waals surface area contributed by atoms with Gasteiger partial charge in [0, 0.05) is 26.2 Å². The van der Waals surface area contributed by atoms with Crippen LogP contribution < -0.4 is 0 Å². The van der Waals surface area contributed by atoms with Crippen LogP contribution in [0, 0.1) is 0 Å². The first-order chi connectivity index (χ1) is 7.74. The molecule has 2 rings (SSSR count). The van der Waals surface area contributed by atoms with Crippen molar-refractivity contribution in [3.05, 3.63) is 29.8 Å². The largest absolute Gasteiger partial charge is 0.508 e. The average molecular weight is 219 g/mol. The van der Waals surface area contributed by atoms with Crippen LogP contribution in [0.15, 0.2) is 29.4 Å². The molecule has 86 valence electrons. The third-order valence-electron chi connectivity index (χ3n) is 2.74. The van der Waals surface area contributed by atoms with Gasteiger partial charge in [-0.15, -0.1) is 0 Å². The quantitative estimate of drug-likeness (QED) is 0.753. The zero-order chi connectivity index (χ0) is 11.4. The van der Waals surface area contributed by atoms with E-state index in [9.17, 15) is 0 Å². The smallest absolute Gasteiger partial charge is 0.115 e. The SMILES string of the molecule is CN1CCN(/N=C/c2ccc(O)cc2)CC1. The second-order valence-corrected chi connectivity index (χ2v) is 4.09. The van der Waals surface area contributed by atoms with Gasteiger partial charge in [-0.1, -0.05) is 0 Å². The fourth-order valence-corrected chi connectivity index (χ4v) is 1.62. The molecular weight excluding hydrogens is 202 g/mol. The van der Waals surface area contributed by atoms with Crippen LogP contribution >= 0.6 is 0 Å². The fraction of sp³-hybridized carbons (Fsp3) is 0.417. The number of hydrogen-bond donors (Lipinski definition) is 1. The molecule has 1 aliphatic heterocycles. The average Bonchev–Trinajstić information content (AvgIpc) is 2.30. The Morgan fingerprint density at radius 1 is 1.12 bits per heavy atom. The Labute approximate surface area is 95.8 Å². The highest BCUT2D eigenvalue weighted by Gasteiger charge is 2.10. The molecule has 4 heteroatoms. The molecule has 0 spiro atoms. The zero-order valence-corrected chi connectivity index (χ0v) is 9.50. The Morgan fingerprint density at radius 3 is 2.38 bits per heavy atom. The maximum Gasteiger partial charge on any atom is 0.115 e. The number of piperazine rings is 1. The van der Waals surface area contributed by atoms with E-state index in [0.717, 1.165) is 31.7 Å². The van der Waals surface area contributed by atoms with Gasteiger partial charge in [0.05, 0.1) is 6.21 Å². The Morgan fingerprint density at radius 2 is 1.75 bits per heavy atom. The summed E-state index contributed by atoms with van der Waals surface area (Å²) in [6, 6.07) is 7.06. The van der Waals surface area contributed by atoms with E-state index >= 15 is 0 Å². The summed E-state index contributed by atoms with van der Waals surface area (Å²) in [5.74, 6) is 0.289. The van der Waals surface area contributed by atoms with Gasteiger partial charge in [-0.3, -0.25) is 5.01 Å².